The molecule has 2 heterocycles. The molecular weight excluding hydrogens is 348 g/mol. The van der Waals surface area contributed by atoms with Crippen LogP contribution >= 0.6 is 11.3 Å². The molecule has 4 rings (SSSR count). The maximum atomic E-state index is 12.1. The van der Waals surface area contributed by atoms with E-state index in [1.807, 2.05) is 30.3 Å². The first-order chi connectivity index (χ1) is 12.6. The number of H-pyrrole nitrogens is 1. The summed E-state index contributed by atoms with van der Waals surface area (Å²) in [6, 6.07) is 18.0. The summed E-state index contributed by atoms with van der Waals surface area (Å²) in [5, 5.41) is 30.5. The Kier molecular flexibility index (Phi) is 3.72. The summed E-state index contributed by atoms with van der Waals surface area (Å²) in [5.41, 5.74) is 1.10. The van der Waals surface area contributed by atoms with Crippen molar-refractivity contribution in [2.24, 2.45) is 0 Å². The van der Waals surface area contributed by atoms with E-state index in [1.54, 1.807) is 30.3 Å². The van der Waals surface area contributed by atoms with Crippen molar-refractivity contribution in [3.05, 3.63) is 70.5 Å². The number of hydrogen-bond acceptors (Lipinski definition) is 5. The Hall–Kier alpha value is -3.56. The number of thiophene rings is 1. The number of nitriles is 1. The van der Waals surface area contributed by atoms with Crippen LogP contribution in [0.25, 0.3) is 31.8 Å². The van der Waals surface area contributed by atoms with Gasteiger partial charge in [0.05, 0.1) is 5.39 Å². The summed E-state index contributed by atoms with van der Waals surface area (Å²) >= 11 is 1.25. The predicted octanol–water partition coefficient (Wildman–Crippen LogP) is 4.21. The molecule has 0 unspecified atom stereocenters. The highest BCUT2D eigenvalue weighted by molar-refractivity contribution is 7.22. The third kappa shape index (κ3) is 2.34. The minimum Gasteiger partial charge on any atom is -0.507 e. The van der Waals surface area contributed by atoms with Crippen molar-refractivity contribution in [1.82, 2.24) is 4.98 Å². The molecule has 0 spiro atoms. The minimum absolute atomic E-state index is 0.0959. The predicted molar refractivity (Wildman–Crippen MR) is 101 cm³/mol. The number of pyridine rings is 1. The molecule has 0 radical (unpaired) electrons. The van der Waals surface area contributed by atoms with Gasteiger partial charge in [0.1, 0.15) is 22.4 Å². The summed E-state index contributed by atoms with van der Waals surface area (Å²) in [6.07, 6.45) is 0. The maximum absolute atomic E-state index is 12.1. The standard InChI is InChI=1S/C20H12N2O3S/c21-10-13-17(24)16-15(11-6-2-1-3-7-11)18(26-20(16)22-19(13)25)12-8-4-5-9-14(12)23/h1-9,23H,(H2,22,24,25). The zero-order valence-electron chi connectivity index (χ0n) is 13.4. The first-order valence-corrected chi connectivity index (χ1v) is 8.59. The van der Waals surface area contributed by atoms with Gasteiger partial charge in [0, 0.05) is 16.0 Å². The van der Waals surface area contributed by atoms with E-state index >= 15 is 0 Å². The monoisotopic (exact) mass is 360 g/mol. The molecule has 126 valence electrons. The van der Waals surface area contributed by atoms with Crippen LogP contribution < -0.4 is 5.56 Å². The Morgan fingerprint density at radius 1 is 1.00 bits per heavy atom. The number of aromatic hydroxyl groups is 2. The Balaban J connectivity index is 2.20. The molecule has 26 heavy (non-hydrogen) atoms. The first-order valence-electron chi connectivity index (χ1n) is 7.77. The SMILES string of the molecule is N#Cc1c(O)c2c(-c3ccccc3)c(-c3ccccc3O)sc2[nH]c1=O. The second kappa shape index (κ2) is 6.06. The van der Waals surface area contributed by atoms with Crippen molar-refractivity contribution in [1.29, 1.82) is 5.26 Å². The number of aromatic amines is 1. The molecule has 0 atom stereocenters. The summed E-state index contributed by atoms with van der Waals surface area (Å²) < 4.78 is 0. The van der Waals surface area contributed by atoms with Gasteiger partial charge in [0.25, 0.3) is 5.56 Å². The Labute approximate surface area is 152 Å². The number of phenolic OH excluding ortho intramolecular Hbond substituents is 1. The number of nitrogens with zero attached hydrogens (tertiary/aromatic N) is 1. The molecule has 5 nitrogen and oxygen atoms in total. The van der Waals surface area contributed by atoms with Crippen LogP contribution in [0.15, 0.2) is 59.4 Å². The van der Waals surface area contributed by atoms with Crippen LogP contribution in [0.5, 0.6) is 11.5 Å². The number of aromatic nitrogens is 1. The van der Waals surface area contributed by atoms with Crippen molar-refractivity contribution in [2.75, 3.05) is 0 Å². The van der Waals surface area contributed by atoms with Crippen LogP contribution in [0.1, 0.15) is 5.56 Å². The van der Waals surface area contributed by atoms with Crippen molar-refractivity contribution >= 4 is 21.6 Å². The second-order valence-electron chi connectivity index (χ2n) is 5.68. The highest BCUT2D eigenvalue weighted by Crippen LogP contribution is 2.48. The highest BCUT2D eigenvalue weighted by Gasteiger charge is 2.23. The van der Waals surface area contributed by atoms with Gasteiger partial charge in [0.2, 0.25) is 0 Å². The van der Waals surface area contributed by atoms with E-state index in [1.165, 1.54) is 11.3 Å². The Morgan fingerprint density at radius 3 is 2.38 bits per heavy atom. The van der Waals surface area contributed by atoms with E-state index in [4.69, 9.17) is 0 Å². The smallest absolute Gasteiger partial charge is 0.270 e. The van der Waals surface area contributed by atoms with Crippen LogP contribution in [0.2, 0.25) is 0 Å². The first kappa shape index (κ1) is 15.9. The fraction of sp³-hybridized carbons (Fsp3) is 0. The molecule has 2 aromatic heterocycles. The van der Waals surface area contributed by atoms with Crippen LogP contribution in [0, 0.1) is 11.3 Å². The van der Waals surface area contributed by atoms with E-state index in [-0.39, 0.29) is 17.1 Å². The Bertz CT molecular complexity index is 1230. The van der Waals surface area contributed by atoms with Crippen LogP contribution in [-0.4, -0.2) is 15.2 Å². The van der Waals surface area contributed by atoms with Gasteiger partial charge in [0.15, 0.2) is 5.56 Å². The average molecular weight is 360 g/mol. The molecule has 0 fully saturated rings. The lowest BCUT2D eigenvalue weighted by atomic mass is 9.98. The van der Waals surface area contributed by atoms with Crippen molar-refractivity contribution in [3.63, 3.8) is 0 Å². The average Bonchev–Trinajstić information content (AvgIpc) is 3.02. The van der Waals surface area contributed by atoms with Gasteiger partial charge >= 0.3 is 0 Å². The van der Waals surface area contributed by atoms with Gasteiger partial charge in [-0.05, 0) is 17.7 Å². The molecule has 4 aromatic rings. The van der Waals surface area contributed by atoms with Gasteiger partial charge in [-0.3, -0.25) is 4.79 Å². The number of nitrogens with one attached hydrogen (secondary N) is 1. The zero-order valence-corrected chi connectivity index (χ0v) is 14.2. The zero-order chi connectivity index (χ0) is 18.3. The van der Waals surface area contributed by atoms with Gasteiger partial charge < -0.3 is 15.2 Å². The molecule has 0 saturated heterocycles. The summed E-state index contributed by atoms with van der Waals surface area (Å²) in [5.74, 6) is -0.249. The molecule has 0 saturated carbocycles. The lowest BCUT2D eigenvalue weighted by Gasteiger charge is -2.08. The van der Waals surface area contributed by atoms with E-state index in [0.29, 0.717) is 26.2 Å². The largest absolute Gasteiger partial charge is 0.507 e. The fourth-order valence-corrected chi connectivity index (χ4v) is 4.24. The summed E-state index contributed by atoms with van der Waals surface area (Å²) in [6.45, 7) is 0. The topological polar surface area (TPSA) is 97.1 Å². The fourth-order valence-electron chi connectivity index (χ4n) is 2.98. The number of fused-ring (bicyclic) bond motifs is 1. The lowest BCUT2D eigenvalue weighted by Crippen LogP contribution is -2.09. The lowest BCUT2D eigenvalue weighted by molar-refractivity contribution is 0.477. The second-order valence-corrected chi connectivity index (χ2v) is 6.70. The Morgan fingerprint density at radius 2 is 1.69 bits per heavy atom. The molecule has 0 bridgehead atoms. The molecule has 6 heteroatoms. The van der Waals surface area contributed by atoms with E-state index in [9.17, 15) is 20.3 Å². The number of para-hydroxylation sites is 1. The normalized spacial score (nSPS) is 10.7. The van der Waals surface area contributed by atoms with Crippen molar-refractivity contribution in [3.8, 4) is 39.1 Å². The molecule has 2 aromatic carbocycles. The van der Waals surface area contributed by atoms with E-state index < -0.39 is 5.56 Å². The number of hydrogen-bond donors (Lipinski definition) is 3. The van der Waals surface area contributed by atoms with E-state index in [2.05, 4.69) is 4.98 Å². The van der Waals surface area contributed by atoms with Crippen molar-refractivity contribution < 1.29 is 10.2 Å². The van der Waals surface area contributed by atoms with Gasteiger partial charge in [-0.25, -0.2) is 0 Å². The third-order valence-electron chi connectivity index (χ3n) is 4.16. The minimum atomic E-state index is -0.637. The molecule has 0 aliphatic carbocycles. The van der Waals surface area contributed by atoms with Gasteiger partial charge in [-0.1, -0.05) is 42.5 Å². The number of benzene rings is 2. The van der Waals surface area contributed by atoms with E-state index in [0.717, 1.165) is 5.56 Å². The molecule has 0 amide bonds. The third-order valence-corrected chi connectivity index (χ3v) is 5.30. The van der Waals surface area contributed by atoms with Crippen molar-refractivity contribution in [2.45, 2.75) is 0 Å². The maximum Gasteiger partial charge on any atom is 0.270 e. The molecule has 0 aliphatic heterocycles. The van der Waals surface area contributed by atoms with Crippen LogP contribution in [0.3, 0.4) is 0 Å². The molecular formula is C20H12N2O3S. The van der Waals surface area contributed by atoms with Gasteiger partial charge in [-0.15, -0.1) is 11.3 Å². The van der Waals surface area contributed by atoms with Gasteiger partial charge in [-0.2, -0.15) is 5.26 Å². The van der Waals surface area contributed by atoms with Crippen LogP contribution in [-0.2, 0) is 0 Å². The molecule has 0 aliphatic rings. The molecule has 3 N–H and O–H groups in total. The highest BCUT2D eigenvalue weighted by atomic mass is 32.1. The quantitative estimate of drug-likeness (QED) is 0.499. The summed E-state index contributed by atoms with van der Waals surface area (Å²) in [7, 11) is 0. The number of phenols is 1. The van der Waals surface area contributed by atoms with Crippen LogP contribution in [0.4, 0.5) is 0 Å². The number of rotatable bonds is 2. The summed E-state index contributed by atoms with van der Waals surface area (Å²) in [4.78, 5) is 15.9.